The minimum Gasteiger partial charge on any atom is -0.309 e. The van der Waals surface area contributed by atoms with Gasteiger partial charge < -0.3 is 5.32 Å². The summed E-state index contributed by atoms with van der Waals surface area (Å²) in [4.78, 5) is 2.89. The average molecular weight is 322 g/mol. The summed E-state index contributed by atoms with van der Waals surface area (Å²) < 4.78 is 1.19. The first-order valence-electron chi connectivity index (χ1n) is 6.25. The Morgan fingerprint density at radius 1 is 1.33 bits per heavy atom. The number of rotatable bonds is 1. The van der Waals surface area contributed by atoms with Crippen LogP contribution < -0.4 is 5.32 Å². The van der Waals surface area contributed by atoms with Crippen LogP contribution in [0, 0.1) is 6.92 Å². The van der Waals surface area contributed by atoms with Gasteiger partial charge in [-0.3, -0.25) is 0 Å². The van der Waals surface area contributed by atoms with Crippen LogP contribution in [-0.4, -0.2) is 6.04 Å². The third-order valence-corrected chi connectivity index (χ3v) is 5.57. The van der Waals surface area contributed by atoms with Gasteiger partial charge in [0.1, 0.15) is 0 Å². The van der Waals surface area contributed by atoms with Crippen molar-refractivity contribution >= 4 is 27.3 Å². The second-order valence-corrected chi connectivity index (χ2v) is 7.00. The lowest BCUT2D eigenvalue weighted by Crippen LogP contribution is -2.31. The standard InChI is InChI=1S/C15H16BrNS/c1-9-3-4-11(6-13(9)16)14-7-12-5-10(2)17-8-15(12)18-14/h3-4,6-7,10,17H,5,8H2,1-2H3. The molecule has 0 spiro atoms. The molecule has 1 aliphatic heterocycles. The van der Waals surface area contributed by atoms with Gasteiger partial charge in [-0.2, -0.15) is 0 Å². The van der Waals surface area contributed by atoms with E-state index in [4.69, 9.17) is 0 Å². The van der Waals surface area contributed by atoms with Gasteiger partial charge in [-0.15, -0.1) is 11.3 Å². The summed E-state index contributed by atoms with van der Waals surface area (Å²) in [5, 5.41) is 3.52. The van der Waals surface area contributed by atoms with Gasteiger partial charge in [0.05, 0.1) is 0 Å². The van der Waals surface area contributed by atoms with Gasteiger partial charge >= 0.3 is 0 Å². The Bertz CT molecular complexity index is 588. The highest BCUT2D eigenvalue weighted by Crippen LogP contribution is 2.35. The number of benzene rings is 1. The molecule has 1 aliphatic rings. The molecular formula is C15H16BrNS. The molecule has 2 aromatic rings. The molecule has 0 fully saturated rings. The molecule has 1 N–H and O–H groups in total. The molecule has 1 aromatic carbocycles. The van der Waals surface area contributed by atoms with E-state index in [-0.39, 0.29) is 0 Å². The SMILES string of the molecule is Cc1ccc(-c2cc3c(s2)CNC(C)C3)cc1Br. The lowest BCUT2D eigenvalue weighted by Gasteiger charge is -2.19. The van der Waals surface area contributed by atoms with Crippen LogP contribution >= 0.6 is 27.3 Å². The van der Waals surface area contributed by atoms with Crippen molar-refractivity contribution in [3.05, 3.63) is 44.7 Å². The summed E-state index contributed by atoms with van der Waals surface area (Å²) >= 11 is 5.54. The summed E-state index contributed by atoms with van der Waals surface area (Å²) in [6.07, 6.45) is 1.15. The van der Waals surface area contributed by atoms with E-state index in [9.17, 15) is 0 Å². The molecule has 1 nitrogen and oxygen atoms in total. The van der Waals surface area contributed by atoms with E-state index in [0.29, 0.717) is 6.04 Å². The Labute approximate surface area is 120 Å². The number of halogens is 1. The Morgan fingerprint density at radius 2 is 2.17 bits per heavy atom. The average Bonchev–Trinajstić information content (AvgIpc) is 2.75. The largest absolute Gasteiger partial charge is 0.309 e. The Kier molecular flexibility index (Phi) is 3.31. The summed E-state index contributed by atoms with van der Waals surface area (Å²) in [6, 6.07) is 9.59. The van der Waals surface area contributed by atoms with Crippen LogP contribution in [0.25, 0.3) is 10.4 Å². The lowest BCUT2D eigenvalue weighted by molar-refractivity contribution is 0.520. The van der Waals surface area contributed by atoms with Gasteiger partial charge in [0.2, 0.25) is 0 Å². The smallest absolute Gasteiger partial charge is 0.0349 e. The maximum Gasteiger partial charge on any atom is 0.0349 e. The van der Waals surface area contributed by atoms with Crippen LogP contribution in [0.2, 0.25) is 0 Å². The summed E-state index contributed by atoms with van der Waals surface area (Å²) in [6.45, 7) is 5.40. The fourth-order valence-corrected chi connectivity index (χ4v) is 3.87. The molecule has 0 aliphatic carbocycles. The Balaban J connectivity index is 2.00. The van der Waals surface area contributed by atoms with Crippen molar-refractivity contribution in [1.29, 1.82) is 0 Å². The molecule has 0 saturated carbocycles. The molecule has 1 aromatic heterocycles. The monoisotopic (exact) mass is 321 g/mol. The summed E-state index contributed by atoms with van der Waals surface area (Å²) in [7, 11) is 0. The van der Waals surface area contributed by atoms with Gasteiger partial charge in [0.25, 0.3) is 0 Å². The van der Waals surface area contributed by atoms with Gasteiger partial charge in [0.15, 0.2) is 0 Å². The van der Waals surface area contributed by atoms with E-state index in [2.05, 4.69) is 59.4 Å². The van der Waals surface area contributed by atoms with Crippen LogP contribution in [0.15, 0.2) is 28.7 Å². The number of aryl methyl sites for hydroxylation is 1. The highest BCUT2D eigenvalue weighted by Gasteiger charge is 2.18. The number of fused-ring (bicyclic) bond motifs is 1. The van der Waals surface area contributed by atoms with Crippen molar-refractivity contribution in [3.63, 3.8) is 0 Å². The summed E-state index contributed by atoms with van der Waals surface area (Å²) in [5.74, 6) is 0. The second-order valence-electron chi connectivity index (χ2n) is 5.01. The molecule has 18 heavy (non-hydrogen) atoms. The minimum absolute atomic E-state index is 0.602. The van der Waals surface area contributed by atoms with Crippen molar-refractivity contribution in [2.75, 3.05) is 0 Å². The first kappa shape index (κ1) is 12.4. The normalized spacial score (nSPS) is 18.7. The highest BCUT2D eigenvalue weighted by molar-refractivity contribution is 9.10. The van der Waals surface area contributed by atoms with E-state index in [1.54, 1.807) is 0 Å². The predicted molar refractivity (Wildman–Crippen MR) is 82.2 cm³/mol. The van der Waals surface area contributed by atoms with Crippen LogP contribution in [0.5, 0.6) is 0 Å². The number of nitrogens with one attached hydrogen (secondary N) is 1. The second kappa shape index (κ2) is 4.80. The van der Waals surface area contributed by atoms with Crippen molar-refractivity contribution < 1.29 is 0 Å². The van der Waals surface area contributed by atoms with Gasteiger partial charge in [-0.25, -0.2) is 0 Å². The lowest BCUT2D eigenvalue weighted by atomic mass is 10.0. The van der Waals surface area contributed by atoms with Crippen molar-refractivity contribution in [2.24, 2.45) is 0 Å². The molecular weight excluding hydrogens is 306 g/mol. The first-order valence-corrected chi connectivity index (χ1v) is 7.86. The van der Waals surface area contributed by atoms with E-state index in [1.165, 1.54) is 30.9 Å². The van der Waals surface area contributed by atoms with Crippen molar-refractivity contribution in [2.45, 2.75) is 32.9 Å². The van der Waals surface area contributed by atoms with Crippen molar-refractivity contribution in [1.82, 2.24) is 5.32 Å². The number of hydrogen-bond donors (Lipinski definition) is 1. The van der Waals surface area contributed by atoms with Gasteiger partial charge in [0, 0.05) is 26.8 Å². The van der Waals surface area contributed by atoms with Gasteiger partial charge in [-0.05, 0) is 49.1 Å². The van der Waals surface area contributed by atoms with Crippen LogP contribution in [0.4, 0.5) is 0 Å². The topological polar surface area (TPSA) is 12.0 Å². The zero-order valence-corrected chi connectivity index (χ0v) is 13.0. The predicted octanol–water partition coefficient (Wildman–Crippen LogP) is 4.52. The quantitative estimate of drug-likeness (QED) is 0.814. The molecule has 94 valence electrons. The maximum atomic E-state index is 3.62. The molecule has 2 heterocycles. The van der Waals surface area contributed by atoms with Crippen LogP contribution in [0.1, 0.15) is 22.9 Å². The maximum absolute atomic E-state index is 3.62. The number of hydrogen-bond acceptors (Lipinski definition) is 2. The minimum atomic E-state index is 0.602. The highest BCUT2D eigenvalue weighted by atomic mass is 79.9. The number of thiophene rings is 1. The fraction of sp³-hybridized carbons (Fsp3) is 0.333. The van der Waals surface area contributed by atoms with Gasteiger partial charge in [-0.1, -0.05) is 28.1 Å². The zero-order valence-electron chi connectivity index (χ0n) is 10.6. The van der Waals surface area contributed by atoms with Crippen molar-refractivity contribution in [3.8, 4) is 10.4 Å². The van der Waals surface area contributed by atoms with E-state index >= 15 is 0 Å². The fourth-order valence-electron chi connectivity index (χ4n) is 2.35. The van der Waals surface area contributed by atoms with E-state index in [1.807, 2.05) is 11.3 Å². The molecule has 1 unspecified atom stereocenters. The van der Waals surface area contributed by atoms with Crippen LogP contribution in [0.3, 0.4) is 0 Å². The molecule has 0 amide bonds. The Hall–Kier alpha value is -0.640. The third kappa shape index (κ3) is 2.27. The zero-order chi connectivity index (χ0) is 12.7. The molecule has 1 atom stereocenters. The van der Waals surface area contributed by atoms with E-state index in [0.717, 1.165) is 13.0 Å². The first-order chi connectivity index (χ1) is 8.63. The Morgan fingerprint density at radius 3 is 2.94 bits per heavy atom. The van der Waals surface area contributed by atoms with Crippen LogP contribution in [-0.2, 0) is 13.0 Å². The van der Waals surface area contributed by atoms with E-state index < -0.39 is 0 Å². The third-order valence-electron chi connectivity index (χ3n) is 3.49. The molecule has 3 rings (SSSR count). The molecule has 3 heteroatoms. The molecule has 0 bridgehead atoms. The molecule has 0 radical (unpaired) electrons. The molecule has 0 saturated heterocycles. The summed E-state index contributed by atoms with van der Waals surface area (Å²) in [5.41, 5.74) is 4.13.